The largest absolute Gasteiger partial charge is 0.508 e. The number of carbonyl (C=O) groups is 4. The quantitative estimate of drug-likeness (QED) is 0.169. The smallest absolute Gasteiger partial charge is 0.255 e. The number of fused-ring (bicyclic) bond motifs is 3. The van der Waals surface area contributed by atoms with Crippen LogP contribution in [0, 0.1) is 11.8 Å². The number of aliphatic hydroxyl groups is 3. The van der Waals surface area contributed by atoms with Crippen molar-refractivity contribution in [2.45, 2.75) is 75.5 Å². The number of hydrogen-bond acceptors (Lipinski definition) is 11. The van der Waals surface area contributed by atoms with Crippen LogP contribution in [-0.2, 0) is 25.6 Å². The predicted molar refractivity (Wildman–Crippen MR) is 171 cm³/mol. The van der Waals surface area contributed by atoms with Crippen molar-refractivity contribution < 1.29 is 39.6 Å². The molecule has 13 nitrogen and oxygen atoms in total. The monoisotopic (exact) mass is 639 g/mol. The van der Waals surface area contributed by atoms with Crippen LogP contribution >= 0.6 is 0 Å². The lowest BCUT2D eigenvalue weighted by molar-refractivity contribution is -0.153. The maximum Gasteiger partial charge on any atom is 0.255 e. The molecule has 250 valence electrons. The Labute approximate surface area is 268 Å². The van der Waals surface area contributed by atoms with Gasteiger partial charge in [-0.1, -0.05) is 32.1 Å². The molecule has 4 atom stereocenters. The van der Waals surface area contributed by atoms with Crippen LogP contribution in [0.3, 0.4) is 0 Å². The van der Waals surface area contributed by atoms with Gasteiger partial charge in [-0.2, -0.15) is 0 Å². The first-order valence-corrected chi connectivity index (χ1v) is 15.9. The molecule has 0 aromatic heterocycles. The maximum atomic E-state index is 14.1. The third-order valence-electron chi connectivity index (χ3n) is 10.1. The number of carbonyl (C=O) groups excluding carboxylic acids is 4. The summed E-state index contributed by atoms with van der Waals surface area (Å²) < 4.78 is 0. The Morgan fingerprint density at radius 3 is 2.24 bits per heavy atom. The van der Waals surface area contributed by atoms with Gasteiger partial charge in [-0.15, -0.1) is 0 Å². The zero-order chi connectivity index (χ0) is 33.7. The van der Waals surface area contributed by atoms with E-state index in [1.165, 1.54) is 24.2 Å². The molecule has 0 bridgehead atoms. The van der Waals surface area contributed by atoms with Gasteiger partial charge in [-0.3, -0.25) is 24.1 Å². The summed E-state index contributed by atoms with van der Waals surface area (Å²) in [5.74, 6) is -7.63. The molecule has 2 saturated carbocycles. The number of nitrogens with zero attached hydrogens (tertiary/aromatic N) is 2. The van der Waals surface area contributed by atoms with Gasteiger partial charge in [-0.25, -0.2) is 0 Å². The lowest BCUT2D eigenvalue weighted by Gasteiger charge is -2.50. The van der Waals surface area contributed by atoms with E-state index < -0.39 is 63.8 Å². The van der Waals surface area contributed by atoms with E-state index in [1.54, 1.807) is 39.2 Å². The topological polar surface area (TPSA) is 206 Å². The minimum Gasteiger partial charge on any atom is -0.508 e. The highest BCUT2D eigenvalue weighted by atomic mass is 16.3. The predicted octanol–water partition coefficient (Wildman–Crippen LogP) is 1.67. The number of phenolic OH excluding ortho intramolecular Hbond substituents is 1. The number of aliphatic hydroxyl groups excluding tert-OH is 2. The number of aromatic hydroxyl groups is 1. The van der Waals surface area contributed by atoms with Gasteiger partial charge in [0, 0.05) is 37.3 Å². The fraction of sp³-hybridized carbons (Fsp3) is 0.576. The normalized spacial score (nSPS) is 27.0. The number of nitrogens with two attached hydrogens (primary N) is 1. The van der Waals surface area contributed by atoms with Crippen LogP contribution in [0.15, 0.2) is 23.0 Å². The molecule has 2 unspecified atom stereocenters. The molecule has 8 N–H and O–H groups in total. The van der Waals surface area contributed by atoms with Crippen LogP contribution in [0.5, 0.6) is 5.75 Å². The molecule has 0 aliphatic heterocycles. The molecule has 0 heterocycles. The van der Waals surface area contributed by atoms with Crippen molar-refractivity contribution in [3.05, 3.63) is 34.1 Å². The van der Waals surface area contributed by atoms with Crippen LogP contribution in [-0.4, -0.2) is 101 Å². The molecule has 1 aromatic carbocycles. The first kappa shape index (κ1) is 33.4. The highest BCUT2D eigenvalue weighted by Gasteiger charge is 2.64. The Morgan fingerprint density at radius 1 is 1.02 bits per heavy atom. The van der Waals surface area contributed by atoms with Crippen LogP contribution in [0.2, 0.25) is 0 Å². The Kier molecular flexibility index (Phi) is 9.22. The summed E-state index contributed by atoms with van der Waals surface area (Å²) >= 11 is 0. The Bertz CT molecular complexity index is 1520. The van der Waals surface area contributed by atoms with E-state index in [2.05, 4.69) is 10.6 Å². The van der Waals surface area contributed by atoms with Gasteiger partial charge in [0.15, 0.2) is 11.4 Å². The number of Topliss-reactive ketones (excluding diaryl/α,β-unsaturated/α-hetero) is 2. The number of amides is 2. The Balaban J connectivity index is 1.53. The van der Waals surface area contributed by atoms with Crippen LogP contribution in [0.4, 0.5) is 11.4 Å². The first-order valence-electron chi connectivity index (χ1n) is 15.9. The average Bonchev–Trinajstić information content (AvgIpc) is 2.95. The van der Waals surface area contributed by atoms with E-state index in [1.807, 2.05) is 0 Å². The summed E-state index contributed by atoms with van der Waals surface area (Å²) in [5, 5.41) is 52.1. The van der Waals surface area contributed by atoms with E-state index in [-0.39, 0.29) is 48.2 Å². The van der Waals surface area contributed by atoms with Crippen molar-refractivity contribution in [1.82, 2.24) is 10.2 Å². The second-order valence-electron chi connectivity index (χ2n) is 13.5. The lowest BCUT2D eigenvalue weighted by Crippen LogP contribution is -2.65. The number of hydrogen-bond donors (Lipinski definition) is 7. The highest BCUT2D eigenvalue weighted by molar-refractivity contribution is 6.24. The summed E-state index contributed by atoms with van der Waals surface area (Å²) in [5.41, 5.74) is 2.62. The number of anilines is 2. The van der Waals surface area contributed by atoms with E-state index >= 15 is 0 Å². The molecule has 13 heteroatoms. The number of nitrogens with one attached hydrogen (secondary N) is 2. The number of phenols is 1. The molecular weight excluding hydrogens is 594 g/mol. The number of benzene rings is 1. The molecule has 46 heavy (non-hydrogen) atoms. The van der Waals surface area contributed by atoms with Crippen molar-refractivity contribution >= 4 is 40.5 Å². The van der Waals surface area contributed by atoms with Crippen molar-refractivity contribution in [2.75, 3.05) is 45.0 Å². The number of likely N-dealkylation sites (N-methyl/N-ethyl adjacent to an activating group) is 1. The minimum atomic E-state index is -2.72. The lowest BCUT2D eigenvalue weighted by atomic mass is 9.57. The van der Waals surface area contributed by atoms with Gasteiger partial charge in [0.2, 0.25) is 11.7 Å². The van der Waals surface area contributed by atoms with E-state index in [0.717, 1.165) is 25.7 Å². The van der Waals surface area contributed by atoms with E-state index in [9.17, 15) is 39.6 Å². The van der Waals surface area contributed by atoms with Gasteiger partial charge in [0.1, 0.15) is 22.8 Å². The van der Waals surface area contributed by atoms with Crippen LogP contribution < -0.4 is 21.3 Å². The summed E-state index contributed by atoms with van der Waals surface area (Å²) in [7, 11) is 6.65. The zero-order valence-corrected chi connectivity index (χ0v) is 26.9. The molecule has 4 aliphatic carbocycles. The fourth-order valence-corrected chi connectivity index (χ4v) is 7.88. The standard InChI is InChI=1S/C33H45N5O8/c1-37(2)21-14-20(36-22(39)15-35-17-10-8-6-5-7-9-11-17)27(40)24-18(21)12-16-13-19-26(38(3)4)29(42)25(32(34)45)31(44)33(19,46)30(43)23(16)28(24)41/h14,16-17,19,26,35,40-41,44,46H,5-13,15H2,1-4H3,(H2,34,45)(H,36,39)/t16?,19?,26-,33-/m0/s1. The van der Waals surface area contributed by atoms with E-state index in [0.29, 0.717) is 11.3 Å². The van der Waals surface area contributed by atoms with E-state index in [4.69, 9.17) is 5.73 Å². The Morgan fingerprint density at radius 2 is 1.65 bits per heavy atom. The van der Waals surface area contributed by atoms with Gasteiger partial charge in [0.25, 0.3) is 5.91 Å². The first-order chi connectivity index (χ1) is 21.7. The van der Waals surface area contributed by atoms with Crippen molar-refractivity contribution in [1.29, 1.82) is 0 Å². The summed E-state index contributed by atoms with van der Waals surface area (Å²) in [6.45, 7) is 0.0279. The van der Waals surface area contributed by atoms with Gasteiger partial charge in [-0.05, 0) is 57.3 Å². The average molecular weight is 640 g/mol. The molecule has 1 aromatic rings. The molecule has 2 fully saturated rings. The summed E-state index contributed by atoms with van der Waals surface area (Å²) in [6.07, 6.45) is 7.90. The molecule has 2 amide bonds. The molecule has 0 spiro atoms. The SMILES string of the molecule is CN(C)c1cc(NC(=O)CNC2CCCCCCC2)c(O)c2c1CC1CC3[C@H](N(C)C)C(=O)C(C(N)=O)=C(O)[C@@]3(O)C(=O)C1=C2O. The molecule has 5 rings (SSSR count). The molecular formula is C33H45N5O8. The third kappa shape index (κ3) is 5.54. The summed E-state index contributed by atoms with van der Waals surface area (Å²) in [4.78, 5) is 55.9. The third-order valence-corrected chi connectivity index (χ3v) is 10.1. The second-order valence-corrected chi connectivity index (χ2v) is 13.5. The fourth-order valence-electron chi connectivity index (χ4n) is 7.88. The van der Waals surface area contributed by atoms with Gasteiger partial charge < -0.3 is 41.7 Å². The molecule has 0 radical (unpaired) electrons. The number of rotatable bonds is 7. The van der Waals surface area contributed by atoms with Crippen molar-refractivity contribution in [3.8, 4) is 5.75 Å². The number of ketones is 2. The second kappa shape index (κ2) is 12.7. The molecule has 0 saturated heterocycles. The summed E-state index contributed by atoms with van der Waals surface area (Å²) in [6, 6.07) is 0.676. The van der Waals surface area contributed by atoms with Crippen LogP contribution in [0.25, 0.3) is 5.76 Å². The highest BCUT2D eigenvalue weighted by Crippen LogP contribution is 2.54. The van der Waals surface area contributed by atoms with Crippen molar-refractivity contribution in [3.63, 3.8) is 0 Å². The Hall–Kier alpha value is -3.94. The zero-order valence-electron chi connectivity index (χ0n) is 26.9. The molecule has 4 aliphatic rings. The number of primary amides is 1. The van der Waals surface area contributed by atoms with Crippen LogP contribution in [0.1, 0.15) is 62.5 Å². The maximum absolute atomic E-state index is 14.1. The van der Waals surface area contributed by atoms with Gasteiger partial charge in [0.05, 0.1) is 23.8 Å². The van der Waals surface area contributed by atoms with Gasteiger partial charge >= 0.3 is 0 Å². The minimum absolute atomic E-state index is 0.00921. The van der Waals surface area contributed by atoms with Crippen molar-refractivity contribution in [2.24, 2.45) is 17.6 Å².